The number of benzene rings is 2. The highest BCUT2D eigenvalue weighted by Gasteiger charge is 2.40. The zero-order chi connectivity index (χ0) is 23.4. The van der Waals surface area contributed by atoms with Gasteiger partial charge in [-0.15, -0.1) is 0 Å². The number of nitrogens with zero attached hydrogens (tertiary/aromatic N) is 1. The zero-order valence-electron chi connectivity index (χ0n) is 17.7. The molecule has 174 valence electrons. The van der Waals surface area contributed by atoms with Crippen LogP contribution in [0.25, 0.3) is 0 Å². The number of halogens is 3. The molecule has 4 rings (SSSR count). The predicted octanol–water partition coefficient (Wildman–Crippen LogP) is 4.43. The molecule has 33 heavy (non-hydrogen) atoms. The maximum atomic E-state index is 12.6. The number of hydrogen-bond donors (Lipinski definition) is 3. The van der Waals surface area contributed by atoms with Crippen LogP contribution in [0, 0.1) is 0 Å². The van der Waals surface area contributed by atoms with E-state index in [2.05, 4.69) is 16.1 Å². The second kappa shape index (κ2) is 10.2. The van der Waals surface area contributed by atoms with E-state index in [1.807, 2.05) is 24.3 Å². The summed E-state index contributed by atoms with van der Waals surface area (Å²) >= 11 is 17.8. The lowest BCUT2D eigenvalue weighted by molar-refractivity contribution is -0.120. The van der Waals surface area contributed by atoms with Crippen molar-refractivity contribution in [2.75, 3.05) is 13.1 Å². The molecule has 3 N–H and O–H groups in total. The molecular weight excluding hydrogens is 487 g/mol. The Morgan fingerprint density at radius 2 is 1.61 bits per heavy atom. The van der Waals surface area contributed by atoms with Crippen LogP contribution in [0.3, 0.4) is 0 Å². The molecule has 10 heteroatoms. The molecule has 1 saturated heterocycles. The number of urea groups is 1. The van der Waals surface area contributed by atoms with E-state index in [1.54, 1.807) is 29.2 Å². The van der Waals surface area contributed by atoms with Crippen LogP contribution in [0.15, 0.2) is 54.2 Å². The van der Waals surface area contributed by atoms with Crippen molar-refractivity contribution in [3.05, 3.63) is 80.4 Å². The van der Waals surface area contributed by atoms with Gasteiger partial charge in [0.1, 0.15) is 11.3 Å². The molecule has 7 nitrogen and oxygen atoms in total. The van der Waals surface area contributed by atoms with E-state index < -0.39 is 5.60 Å². The van der Waals surface area contributed by atoms with Crippen LogP contribution >= 0.6 is 34.8 Å². The van der Waals surface area contributed by atoms with Crippen molar-refractivity contribution in [3.8, 4) is 0 Å². The standard InChI is InChI=1S/C23H23Cl3N4O3/c24-17-4-1-15(2-5-17)13-27-21(31)20-12-23(33-29-20)7-9-30(10-8-23)22(32)28-14-16-3-6-18(25)19(26)11-16/h1-6,11-12,29H,7-10,13-14H2,(H,27,31)(H,28,32). The van der Waals surface area contributed by atoms with Crippen molar-refractivity contribution in [1.82, 2.24) is 21.0 Å². The molecule has 0 aromatic heterocycles. The van der Waals surface area contributed by atoms with Gasteiger partial charge >= 0.3 is 6.03 Å². The number of nitrogens with one attached hydrogen (secondary N) is 3. The first-order valence-electron chi connectivity index (χ1n) is 10.5. The van der Waals surface area contributed by atoms with Gasteiger partial charge < -0.3 is 15.5 Å². The lowest BCUT2D eigenvalue weighted by atomic mass is 9.91. The fraction of sp³-hybridized carbons (Fsp3) is 0.304. The minimum Gasteiger partial charge on any atom is -0.347 e. The molecule has 0 atom stereocenters. The van der Waals surface area contributed by atoms with Crippen LogP contribution in [0.5, 0.6) is 0 Å². The summed E-state index contributed by atoms with van der Waals surface area (Å²) in [6.45, 7) is 1.75. The lowest BCUT2D eigenvalue weighted by Gasteiger charge is -2.36. The molecular formula is C23H23Cl3N4O3. The molecule has 2 aromatic rings. The van der Waals surface area contributed by atoms with Gasteiger partial charge in [-0.1, -0.05) is 53.0 Å². The Kier molecular flexibility index (Phi) is 7.34. The fourth-order valence-corrected chi connectivity index (χ4v) is 4.19. The summed E-state index contributed by atoms with van der Waals surface area (Å²) in [5.74, 6) is -0.247. The molecule has 1 spiro atoms. The lowest BCUT2D eigenvalue weighted by Crippen LogP contribution is -2.49. The van der Waals surface area contributed by atoms with E-state index in [-0.39, 0.29) is 11.9 Å². The number of hydroxylamine groups is 1. The topological polar surface area (TPSA) is 82.7 Å². The van der Waals surface area contributed by atoms with Crippen LogP contribution in [0.2, 0.25) is 15.1 Å². The smallest absolute Gasteiger partial charge is 0.317 e. The maximum Gasteiger partial charge on any atom is 0.317 e. The van der Waals surface area contributed by atoms with E-state index in [0.717, 1.165) is 11.1 Å². The third-order valence-corrected chi connectivity index (χ3v) is 6.70. The van der Waals surface area contributed by atoms with Crippen molar-refractivity contribution in [2.24, 2.45) is 0 Å². The number of hydrogen-bond acceptors (Lipinski definition) is 4. The summed E-state index contributed by atoms with van der Waals surface area (Å²) in [5, 5.41) is 7.34. The van der Waals surface area contributed by atoms with Gasteiger partial charge in [-0.2, -0.15) is 0 Å². The number of likely N-dealkylation sites (tertiary alicyclic amines) is 1. The van der Waals surface area contributed by atoms with Crippen molar-refractivity contribution < 1.29 is 14.4 Å². The van der Waals surface area contributed by atoms with Crippen LogP contribution in [-0.2, 0) is 22.7 Å². The van der Waals surface area contributed by atoms with Crippen LogP contribution in [-0.4, -0.2) is 35.5 Å². The molecule has 2 aliphatic heterocycles. The summed E-state index contributed by atoms with van der Waals surface area (Å²) in [5.41, 5.74) is 4.33. The zero-order valence-corrected chi connectivity index (χ0v) is 19.9. The number of piperidine rings is 1. The highest BCUT2D eigenvalue weighted by molar-refractivity contribution is 6.42. The molecule has 1 fully saturated rings. The molecule has 0 radical (unpaired) electrons. The molecule has 0 saturated carbocycles. The molecule has 2 heterocycles. The Bertz CT molecular complexity index is 1070. The summed E-state index contributed by atoms with van der Waals surface area (Å²) in [6, 6.07) is 12.4. The summed E-state index contributed by atoms with van der Waals surface area (Å²) in [7, 11) is 0. The number of carbonyl (C=O) groups is 2. The molecule has 0 bridgehead atoms. The molecule has 0 aliphatic carbocycles. The summed E-state index contributed by atoms with van der Waals surface area (Å²) < 4.78 is 0. The van der Waals surface area contributed by atoms with E-state index >= 15 is 0 Å². The first-order valence-corrected chi connectivity index (χ1v) is 11.6. The Morgan fingerprint density at radius 1 is 0.939 bits per heavy atom. The van der Waals surface area contributed by atoms with Crippen LogP contribution in [0.1, 0.15) is 24.0 Å². The number of carbonyl (C=O) groups excluding carboxylic acids is 2. The normalized spacial score (nSPS) is 16.8. The van der Waals surface area contributed by atoms with Gasteiger partial charge in [0.15, 0.2) is 0 Å². The molecule has 2 aliphatic rings. The van der Waals surface area contributed by atoms with E-state index in [4.69, 9.17) is 39.6 Å². The van der Waals surface area contributed by atoms with Crippen LogP contribution < -0.4 is 16.1 Å². The SMILES string of the molecule is O=C(NCc1ccc(Cl)cc1)C1=CC2(CCN(C(=O)NCc3ccc(Cl)c(Cl)c3)CC2)ON1. The molecule has 2 aromatic carbocycles. The third kappa shape index (κ3) is 5.92. The Morgan fingerprint density at radius 3 is 2.30 bits per heavy atom. The van der Waals surface area contributed by atoms with Crippen molar-refractivity contribution in [1.29, 1.82) is 0 Å². The Hall–Kier alpha value is -2.45. The average molecular weight is 510 g/mol. The first-order chi connectivity index (χ1) is 15.8. The average Bonchev–Trinajstić information content (AvgIpc) is 3.23. The van der Waals surface area contributed by atoms with Gasteiger partial charge in [0, 0.05) is 44.0 Å². The predicted molar refractivity (Wildman–Crippen MR) is 128 cm³/mol. The highest BCUT2D eigenvalue weighted by atomic mass is 35.5. The van der Waals surface area contributed by atoms with Gasteiger partial charge in [-0.05, 0) is 41.5 Å². The van der Waals surface area contributed by atoms with E-state index in [1.165, 1.54) is 0 Å². The van der Waals surface area contributed by atoms with Crippen molar-refractivity contribution >= 4 is 46.7 Å². The number of rotatable bonds is 5. The quantitative estimate of drug-likeness (QED) is 0.557. The number of amides is 3. The van der Waals surface area contributed by atoms with Crippen molar-refractivity contribution in [3.63, 3.8) is 0 Å². The van der Waals surface area contributed by atoms with Gasteiger partial charge in [-0.25, -0.2) is 4.79 Å². The Labute approximate surface area is 207 Å². The summed E-state index contributed by atoms with van der Waals surface area (Å²) in [4.78, 5) is 32.6. The molecule has 0 unspecified atom stereocenters. The van der Waals surface area contributed by atoms with E-state index in [0.29, 0.717) is 59.8 Å². The minimum atomic E-state index is -0.604. The second-order valence-corrected chi connectivity index (χ2v) is 9.28. The largest absolute Gasteiger partial charge is 0.347 e. The van der Waals surface area contributed by atoms with Crippen LogP contribution in [0.4, 0.5) is 4.79 Å². The van der Waals surface area contributed by atoms with Gasteiger partial charge in [-0.3, -0.25) is 15.1 Å². The van der Waals surface area contributed by atoms with Gasteiger partial charge in [0.05, 0.1) is 10.0 Å². The minimum absolute atomic E-state index is 0.160. The summed E-state index contributed by atoms with van der Waals surface area (Å²) in [6.07, 6.45) is 2.97. The van der Waals surface area contributed by atoms with Crippen molar-refractivity contribution in [2.45, 2.75) is 31.5 Å². The monoisotopic (exact) mass is 508 g/mol. The molecule has 3 amide bonds. The third-order valence-electron chi connectivity index (χ3n) is 5.71. The van der Waals surface area contributed by atoms with E-state index in [9.17, 15) is 9.59 Å². The second-order valence-electron chi connectivity index (χ2n) is 8.03. The Balaban J connectivity index is 1.25. The highest BCUT2D eigenvalue weighted by Crippen LogP contribution is 2.32. The first kappa shape index (κ1) is 23.7. The fourth-order valence-electron chi connectivity index (χ4n) is 3.74. The van der Waals surface area contributed by atoms with Gasteiger partial charge in [0.2, 0.25) is 0 Å². The van der Waals surface area contributed by atoms with Gasteiger partial charge in [0.25, 0.3) is 5.91 Å². The maximum absolute atomic E-state index is 12.6.